The number of hydrogen-bond donors (Lipinski definition) is 1. The second kappa shape index (κ2) is 11.3. The van der Waals surface area contributed by atoms with E-state index in [-0.39, 0.29) is 18.0 Å². The molecule has 0 spiro atoms. The number of ether oxygens (including phenoxy) is 1. The molecular weight excluding hydrogens is 474 g/mol. The summed E-state index contributed by atoms with van der Waals surface area (Å²) in [7, 11) is 0. The van der Waals surface area contributed by atoms with E-state index in [9.17, 15) is 14.7 Å². The van der Waals surface area contributed by atoms with Crippen LogP contribution in [0.3, 0.4) is 0 Å². The van der Waals surface area contributed by atoms with Crippen LogP contribution >= 0.6 is 0 Å². The Morgan fingerprint density at radius 1 is 0.605 bits per heavy atom. The fourth-order valence-corrected chi connectivity index (χ4v) is 4.17. The Labute approximate surface area is 221 Å². The van der Waals surface area contributed by atoms with Gasteiger partial charge < -0.3 is 14.7 Å². The van der Waals surface area contributed by atoms with E-state index in [0.717, 1.165) is 22.4 Å². The third-order valence-corrected chi connectivity index (χ3v) is 6.13. The number of hydrogen-bond acceptors (Lipinski definition) is 3. The molecule has 5 aromatic carbocycles. The molecule has 0 aromatic heterocycles. The number of benzene rings is 5. The second-order valence-electron chi connectivity index (χ2n) is 8.75. The monoisotopic (exact) mass is 499 g/mol. The highest BCUT2D eigenvalue weighted by Crippen LogP contribution is 2.26. The van der Waals surface area contributed by atoms with E-state index in [1.165, 1.54) is 12.1 Å². The minimum atomic E-state index is -1.02. The summed E-state index contributed by atoms with van der Waals surface area (Å²) in [6.07, 6.45) is 0. The molecule has 0 atom stereocenters. The Kier molecular flexibility index (Phi) is 7.27. The van der Waals surface area contributed by atoms with Crippen molar-refractivity contribution in [2.75, 3.05) is 4.90 Å². The zero-order valence-corrected chi connectivity index (χ0v) is 20.5. The van der Waals surface area contributed by atoms with Gasteiger partial charge in [-0.3, -0.25) is 4.79 Å². The molecule has 1 amide bonds. The first-order chi connectivity index (χ1) is 18.6. The zero-order chi connectivity index (χ0) is 26.3. The van der Waals surface area contributed by atoms with Gasteiger partial charge in [-0.1, -0.05) is 72.8 Å². The van der Waals surface area contributed by atoms with Gasteiger partial charge in [0.15, 0.2) is 0 Å². The first-order valence-corrected chi connectivity index (χ1v) is 12.2. The molecule has 0 aliphatic carbocycles. The van der Waals surface area contributed by atoms with Gasteiger partial charge in [-0.25, -0.2) is 4.79 Å². The first-order valence-electron chi connectivity index (χ1n) is 12.2. The lowest BCUT2D eigenvalue weighted by Crippen LogP contribution is -2.30. The van der Waals surface area contributed by atoms with Crippen molar-refractivity contribution in [3.63, 3.8) is 0 Å². The van der Waals surface area contributed by atoms with Crippen LogP contribution in [0.2, 0.25) is 0 Å². The quantitative estimate of drug-likeness (QED) is 0.238. The molecule has 5 aromatic rings. The molecule has 38 heavy (non-hydrogen) atoms. The van der Waals surface area contributed by atoms with Gasteiger partial charge in [0.25, 0.3) is 5.91 Å². The van der Waals surface area contributed by atoms with Gasteiger partial charge in [0.05, 0.1) is 12.1 Å². The maximum atomic E-state index is 13.8. The lowest BCUT2D eigenvalue weighted by Gasteiger charge is -2.24. The molecule has 186 valence electrons. The second-order valence-corrected chi connectivity index (χ2v) is 8.75. The van der Waals surface area contributed by atoms with Gasteiger partial charge in [-0.2, -0.15) is 0 Å². The molecule has 0 unspecified atom stereocenters. The summed E-state index contributed by atoms with van der Waals surface area (Å²) >= 11 is 0. The number of carboxylic acid groups (broad SMARTS) is 1. The molecule has 0 saturated heterocycles. The Morgan fingerprint density at radius 3 is 1.84 bits per heavy atom. The molecule has 0 aliphatic rings. The van der Waals surface area contributed by atoms with E-state index in [2.05, 4.69) is 0 Å². The smallest absolute Gasteiger partial charge is 0.335 e. The summed E-state index contributed by atoms with van der Waals surface area (Å²) in [4.78, 5) is 26.8. The van der Waals surface area contributed by atoms with E-state index in [0.29, 0.717) is 17.0 Å². The molecule has 0 bridgehead atoms. The van der Waals surface area contributed by atoms with Crippen molar-refractivity contribution in [1.29, 1.82) is 0 Å². The summed E-state index contributed by atoms with van der Waals surface area (Å²) in [6, 6.07) is 40.9. The van der Waals surface area contributed by atoms with E-state index in [1.54, 1.807) is 17.0 Å². The molecule has 5 heteroatoms. The van der Waals surface area contributed by atoms with E-state index in [4.69, 9.17) is 4.74 Å². The number of carbonyl (C=O) groups is 2. The average Bonchev–Trinajstić information content (AvgIpc) is 2.97. The van der Waals surface area contributed by atoms with Crippen molar-refractivity contribution >= 4 is 17.6 Å². The van der Waals surface area contributed by atoms with Gasteiger partial charge >= 0.3 is 5.97 Å². The van der Waals surface area contributed by atoms with Crippen LogP contribution in [0.25, 0.3) is 11.1 Å². The molecule has 1 N–H and O–H groups in total. The van der Waals surface area contributed by atoms with E-state index in [1.807, 2.05) is 109 Å². The van der Waals surface area contributed by atoms with Crippen molar-refractivity contribution in [3.05, 3.63) is 150 Å². The zero-order valence-electron chi connectivity index (χ0n) is 20.5. The summed E-state index contributed by atoms with van der Waals surface area (Å²) in [5, 5.41) is 9.31. The number of anilines is 1. The predicted molar refractivity (Wildman–Crippen MR) is 149 cm³/mol. The fourth-order valence-electron chi connectivity index (χ4n) is 4.17. The highest BCUT2D eigenvalue weighted by Gasteiger charge is 2.19. The molecule has 0 radical (unpaired) electrons. The average molecular weight is 500 g/mol. The number of para-hydroxylation sites is 1. The number of aromatic carboxylic acids is 1. The number of carboxylic acids is 1. The van der Waals surface area contributed by atoms with Gasteiger partial charge in [-0.15, -0.1) is 0 Å². The lowest BCUT2D eigenvalue weighted by molar-refractivity contribution is 0.0696. The maximum absolute atomic E-state index is 13.8. The summed E-state index contributed by atoms with van der Waals surface area (Å²) in [5.41, 5.74) is 4.25. The van der Waals surface area contributed by atoms with Crippen LogP contribution in [0.5, 0.6) is 11.5 Å². The van der Waals surface area contributed by atoms with E-state index < -0.39 is 5.97 Å². The summed E-state index contributed by atoms with van der Waals surface area (Å²) in [6.45, 7) is 0.275. The number of rotatable bonds is 8. The van der Waals surface area contributed by atoms with Gasteiger partial charge in [-0.05, 0) is 77.4 Å². The minimum absolute atomic E-state index is 0.159. The fraction of sp³-hybridized carbons (Fsp3) is 0.0303. The first kappa shape index (κ1) is 24.5. The number of amides is 1. The third kappa shape index (κ3) is 5.79. The highest BCUT2D eigenvalue weighted by molar-refractivity contribution is 6.06. The van der Waals surface area contributed by atoms with Crippen molar-refractivity contribution in [3.8, 4) is 22.6 Å². The highest BCUT2D eigenvalue weighted by atomic mass is 16.5. The third-order valence-electron chi connectivity index (χ3n) is 6.13. The lowest BCUT2D eigenvalue weighted by atomic mass is 10.0. The number of carbonyl (C=O) groups excluding carboxylic acids is 1. The Bertz CT molecular complexity index is 1530. The van der Waals surface area contributed by atoms with Crippen LogP contribution < -0.4 is 9.64 Å². The molecular formula is C33H25NO4. The van der Waals surface area contributed by atoms with Gasteiger partial charge in [0.2, 0.25) is 0 Å². The van der Waals surface area contributed by atoms with Crippen LogP contribution in [-0.4, -0.2) is 17.0 Å². The number of nitrogens with zero attached hydrogens (tertiary/aromatic N) is 1. The van der Waals surface area contributed by atoms with E-state index >= 15 is 0 Å². The van der Waals surface area contributed by atoms with Crippen molar-refractivity contribution in [2.24, 2.45) is 0 Å². The van der Waals surface area contributed by atoms with Crippen LogP contribution in [0, 0.1) is 0 Å². The van der Waals surface area contributed by atoms with Crippen LogP contribution in [-0.2, 0) is 6.54 Å². The Hall–Kier alpha value is -5.16. The molecule has 5 nitrogen and oxygen atoms in total. The molecule has 0 aliphatic heterocycles. The molecule has 5 rings (SSSR count). The van der Waals surface area contributed by atoms with Crippen LogP contribution in [0.4, 0.5) is 5.69 Å². The molecule has 0 fully saturated rings. The van der Waals surface area contributed by atoms with Gasteiger partial charge in [0, 0.05) is 11.3 Å². The summed E-state index contributed by atoms with van der Waals surface area (Å²) in [5.74, 6) is 0.175. The van der Waals surface area contributed by atoms with Crippen molar-refractivity contribution < 1.29 is 19.4 Å². The van der Waals surface area contributed by atoms with Crippen LogP contribution in [0.1, 0.15) is 26.3 Å². The normalized spacial score (nSPS) is 10.5. The van der Waals surface area contributed by atoms with Crippen LogP contribution in [0.15, 0.2) is 133 Å². The van der Waals surface area contributed by atoms with Crippen molar-refractivity contribution in [1.82, 2.24) is 0 Å². The largest absolute Gasteiger partial charge is 0.478 e. The Balaban J connectivity index is 1.44. The summed E-state index contributed by atoms with van der Waals surface area (Å²) < 4.78 is 5.98. The SMILES string of the molecule is O=C(O)c1ccc(N(Cc2cccc(Oc3ccccc3)c2)C(=O)c2ccc(-c3ccccc3)cc2)cc1. The molecule has 0 saturated carbocycles. The maximum Gasteiger partial charge on any atom is 0.335 e. The predicted octanol–water partition coefficient (Wildman–Crippen LogP) is 7.69. The topological polar surface area (TPSA) is 66.8 Å². The standard InChI is InChI=1S/C33H25NO4/c35-32(27-16-14-26(15-17-27)25-9-3-1-4-10-25)34(29-20-18-28(19-21-29)33(36)37)23-24-8-7-13-31(22-24)38-30-11-5-2-6-12-30/h1-22H,23H2,(H,36,37). The molecule has 0 heterocycles. The van der Waals surface area contributed by atoms with Crippen molar-refractivity contribution in [2.45, 2.75) is 6.54 Å². The minimum Gasteiger partial charge on any atom is -0.478 e. The Morgan fingerprint density at radius 2 is 1.18 bits per heavy atom. The van der Waals surface area contributed by atoms with Gasteiger partial charge in [0.1, 0.15) is 11.5 Å².